The van der Waals surface area contributed by atoms with Gasteiger partial charge in [-0.05, 0) is 51.1 Å². The Morgan fingerprint density at radius 1 is 1.12 bits per heavy atom. The van der Waals surface area contributed by atoms with Crippen molar-refractivity contribution < 1.29 is 13.9 Å². The van der Waals surface area contributed by atoms with Gasteiger partial charge in [0, 0.05) is 52.9 Å². The van der Waals surface area contributed by atoms with Crippen molar-refractivity contribution in [2.75, 3.05) is 38.2 Å². The third-order valence-electron chi connectivity index (χ3n) is 8.66. The van der Waals surface area contributed by atoms with Crippen LogP contribution in [0, 0.1) is 0 Å². The fourth-order valence-corrected chi connectivity index (χ4v) is 6.71. The number of rotatable bonds is 6. The average molecular weight is 574 g/mol. The van der Waals surface area contributed by atoms with Crippen LogP contribution >= 0.6 is 11.6 Å². The highest BCUT2D eigenvalue weighted by atomic mass is 35.5. The molecule has 3 fully saturated rings. The highest BCUT2D eigenvalue weighted by Gasteiger charge is 2.50. The Hall–Kier alpha value is -3.89. The number of carbonyl (C=O) groups is 1. The Kier molecular flexibility index (Phi) is 6.47. The van der Waals surface area contributed by atoms with Gasteiger partial charge in [-0.25, -0.2) is 9.37 Å². The topological polar surface area (TPSA) is 87.6 Å². The van der Waals surface area contributed by atoms with Crippen molar-refractivity contribution in [1.29, 1.82) is 0 Å². The fourth-order valence-electron chi connectivity index (χ4n) is 6.42. The molecule has 6 heterocycles. The van der Waals surface area contributed by atoms with Gasteiger partial charge in [-0.15, -0.1) is 0 Å². The van der Waals surface area contributed by atoms with Crippen molar-refractivity contribution in [3.63, 3.8) is 0 Å². The number of benzene rings is 1. The Morgan fingerprint density at radius 2 is 2.00 bits per heavy atom. The summed E-state index contributed by atoms with van der Waals surface area (Å²) in [5, 5.41) is 3.20. The van der Waals surface area contributed by atoms with Crippen LogP contribution in [0.25, 0.3) is 33.1 Å². The minimum Gasteiger partial charge on any atom is -0.462 e. The summed E-state index contributed by atoms with van der Waals surface area (Å²) in [5.74, 6) is -0.862. The number of anilines is 1. The average Bonchev–Trinajstić information content (AvgIpc) is 3.52. The van der Waals surface area contributed by atoms with E-state index in [-0.39, 0.29) is 18.1 Å². The smallest absolute Gasteiger partial charge is 0.320 e. The van der Waals surface area contributed by atoms with Crippen LogP contribution in [-0.2, 0) is 4.79 Å². The molecule has 1 amide bonds. The van der Waals surface area contributed by atoms with Gasteiger partial charge in [0.1, 0.15) is 12.4 Å². The largest absolute Gasteiger partial charge is 0.462 e. The number of hydrogen-bond acceptors (Lipinski definition) is 8. The second-order valence-corrected chi connectivity index (χ2v) is 11.4. The number of carbonyl (C=O) groups excluding carboxylic acids is 1. The van der Waals surface area contributed by atoms with Crippen molar-refractivity contribution in [3.8, 4) is 17.3 Å². The predicted molar refractivity (Wildman–Crippen MR) is 156 cm³/mol. The quantitative estimate of drug-likeness (QED) is 0.308. The number of ether oxygens (including phenoxy) is 1. The number of amides is 1. The molecular formula is C30H29ClFN7O2. The van der Waals surface area contributed by atoms with Crippen LogP contribution in [0.1, 0.15) is 19.3 Å². The number of hydrogen-bond donors (Lipinski definition) is 0. The van der Waals surface area contributed by atoms with E-state index in [1.165, 1.54) is 0 Å². The van der Waals surface area contributed by atoms with Gasteiger partial charge in [0.25, 0.3) is 5.91 Å². The van der Waals surface area contributed by atoms with Gasteiger partial charge in [-0.3, -0.25) is 9.78 Å². The van der Waals surface area contributed by atoms with E-state index < -0.39 is 11.7 Å². The minimum atomic E-state index is -0.927. The highest BCUT2D eigenvalue weighted by Crippen LogP contribution is 2.40. The van der Waals surface area contributed by atoms with Crippen LogP contribution in [0.15, 0.2) is 55.1 Å². The van der Waals surface area contributed by atoms with Gasteiger partial charge < -0.3 is 19.4 Å². The Balaban J connectivity index is 1.28. The third kappa shape index (κ3) is 4.46. The molecule has 0 bridgehead atoms. The molecule has 0 spiro atoms. The molecule has 1 aromatic carbocycles. The van der Waals surface area contributed by atoms with Crippen LogP contribution in [0.5, 0.6) is 6.01 Å². The molecule has 0 aliphatic carbocycles. The summed E-state index contributed by atoms with van der Waals surface area (Å²) in [6, 6.07) is 10.1. The van der Waals surface area contributed by atoms with E-state index in [9.17, 15) is 9.18 Å². The lowest BCUT2D eigenvalue weighted by molar-refractivity contribution is -0.130. The van der Waals surface area contributed by atoms with E-state index in [1.807, 2.05) is 30.3 Å². The molecule has 41 heavy (non-hydrogen) atoms. The highest BCUT2D eigenvalue weighted by molar-refractivity contribution is 6.36. The molecule has 7 rings (SSSR count). The van der Waals surface area contributed by atoms with Gasteiger partial charge >= 0.3 is 6.01 Å². The zero-order chi connectivity index (χ0) is 28.2. The van der Waals surface area contributed by atoms with Crippen LogP contribution < -0.4 is 9.64 Å². The molecule has 9 nitrogen and oxygen atoms in total. The number of halogens is 2. The summed E-state index contributed by atoms with van der Waals surface area (Å²) >= 11 is 6.60. The standard InChI is InChI=1S/C30H29ClFN7O2/c1-17(32)29(40)38-12-10-24-25(38)15-39(24)28-20-8-9-23(21-14-33-13-18-5-3-7-22(31)26(18)21)34-27(20)35-30(36-28)41-16-19-6-4-11-37(19)2/h3,5,7-9,13-14,19,24-25H,1,4,6,10-12,15-16H2,2H3/t19-,24+,25+/m0/s1. The van der Waals surface area contributed by atoms with Crippen molar-refractivity contribution in [1.82, 2.24) is 29.7 Å². The molecule has 3 atom stereocenters. The first kappa shape index (κ1) is 26.0. The van der Waals surface area contributed by atoms with Gasteiger partial charge in [0.15, 0.2) is 11.5 Å². The molecule has 3 saturated heterocycles. The number of aromatic nitrogens is 4. The lowest BCUT2D eigenvalue weighted by Gasteiger charge is -2.47. The molecule has 3 aliphatic heterocycles. The number of pyridine rings is 2. The third-order valence-corrected chi connectivity index (χ3v) is 8.98. The van der Waals surface area contributed by atoms with Gasteiger partial charge in [0.2, 0.25) is 0 Å². The second-order valence-electron chi connectivity index (χ2n) is 11.0. The van der Waals surface area contributed by atoms with E-state index >= 15 is 0 Å². The molecule has 3 aromatic heterocycles. The van der Waals surface area contributed by atoms with Gasteiger partial charge in [-0.2, -0.15) is 9.97 Å². The maximum Gasteiger partial charge on any atom is 0.320 e. The summed E-state index contributed by atoms with van der Waals surface area (Å²) in [7, 11) is 2.10. The number of fused-ring (bicyclic) bond motifs is 3. The molecule has 4 aromatic rings. The summed E-state index contributed by atoms with van der Waals surface area (Å²) in [4.78, 5) is 37.3. The van der Waals surface area contributed by atoms with Crippen molar-refractivity contribution in [3.05, 3.63) is 60.2 Å². The lowest BCUT2D eigenvalue weighted by atomic mass is 9.96. The van der Waals surface area contributed by atoms with E-state index in [0.29, 0.717) is 54.3 Å². The van der Waals surface area contributed by atoms with Crippen LogP contribution in [-0.4, -0.2) is 87.1 Å². The minimum absolute atomic E-state index is 0.0194. The van der Waals surface area contributed by atoms with Crippen LogP contribution in [0.2, 0.25) is 5.02 Å². The van der Waals surface area contributed by atoms with Crippen molar-refractivity contribution in [2.24, 2.45) is 0 Å². The van der Waals surface area contributed by atoms with Crippen molar-refractivity contribution in [2.45, 2.75) is 37.4 Å². The summed E-state index contributed by atoms with van der Waals surface area (Å²) in [6.45, 7) is 5.73. The van der Waals surface area contributed by atoms with E-state index in [0.717, 1.165) is 41.1 Å². The molecule has 0 radical (unpaired) electrons. The number of likely N-dealkylation sites (N-methyl/N-ethyl adjacent to an activating group) is 1. The molecule has 0 N–H and O–H groups in total. The van der Waals surface area contributed by atoms with Crippen molar-refractivity contribution >= 4 is 45.1 Å². The lowest BCUT2D eigenvalue weighted by Crippen LogP contribution is -2.63. The monoisotopic (exact) mass is 573 g/mol. The summed E-state index contributed by atoms with van der Waals surface area (Å²) in [6.07, 6.45) is 6.46. The Labute approximate surface area is 241 Å². The normalized spacial score (nSPS) is 22.3. The van der Waals surface area contributed by atoms with E-state index in [4.69, 9.17) is 31.3 Å². The molecule has 11 heteroatoms. The fraction of sp³-hybridized carbons (Fsp3) is 0.367. The van der Waals surface area contributed by atoms with E-state index in [1.54, 1.807) is 17.3 Å². The second kappa shape index (κ2) is 10.2. The van der Waals surface area contributed by atoms with Crippen LogP contribution in [0.4, 0.5) is 10.2 Å². The Bertz CT molecular complexity index is 1700. The molecule has 0 saturated carbocycles. The SMILES string of the molecule is C=C(F)C(=O)N1CC[C@@H]2[C@H]1CN2c1nc(OC[C@@H]2CCCN2C)nc2nc(-c3cncc4cccc(Cl)c34)ccc12. The number of nitrogens with zero attached hydrogens (tertiary/aromatic N) is 7. The first-order valence-electron chi connectivity index (χ1n) is 13.9. The first-order valence-corrected chi connectivity index (χ1v) is 14.2. The van der Waals surface area contributed by atoms with Gasteiger partial charge in [-0.1, -0.05) is 30.3 Å². The van der Waals surface area contributed by atoms with Gasteiger partial charge in [0.05, 0.1) is 23.2 Å². The maximum absolute atomic E-state index is 13.6. The maximum atomic E-state index is 13.6. The zero-order valence-corrected chi connectivity index (χ0v) is 23.4. The van der Waals surface area contributed by atoms with E-state index in [2.05, 4.69) is 28.4 Å². The predicted octanol–water partition coefficient (Wildman–Crippen LogP) is 4.64. The molecule has 210 valence electrons. The molecular weight excluding hydrogens is 545 g/mol. The molecule has 0 unspecified atom stereocenters. The molecule has 3 aliphatic rings. The van der Waals surface area contributed by atoms with Crippen LogP contribution in [0.3, 0.4) is 0 Å². The first-order chi connectivity index (χ1) is 19.9. The Morgan fingerprint density at radius 3 is 2.80 bits per heavy atom. The summed E-state index contributed by atoms with van der Waals surface area (Å²) in [5.41, 5.74) is 2.00. The summed E-state index contributed by atoms with van der Waals surface area (Å²) < 4.78 is 19.8. The number of likely N-dealkylation sites (tertiary alicyclic amines) is 2. The zero-order valence-electron chi connectivity index (χ0n) is 22.6.